The number of rotatable bonds is 1. The van der Waals surface area contributed by atoms with Crippen LogP contribution in [0.1, 0.15) is 32.1 Å². The number of hydrogen-bond acceptors (Lipinski definition) is 2. The molecule has 2 nitrogen and oxygen atoms in total. The Balaban J connectivity index is 1.76. The summed E-state index contributed by atoms with van der Waals surface area (Å²) < 4.78 is 0. The molecule has 4 heterocycles. The van der Waals surface area contributed by atoms with E-state index in [0.717, 1.165) is 35.8 Å². The fraction of sp³-hybridized carbons (Fsp3) is 1.00. The van der Waals surface area contributed by atoms with Gasteiger partial charge in [-0.2, -0.15) is 0 Å². The second-order valence-electron chi connectivity index (χ2n) is 6.75. The fourth-order valence-corrected chi connectivity index (χ4v) is 6.59. The minimum absolute atomic E-state index is 0.466. The van der Waals surface area contributed by atoms with Crippen molar-refractivity contribution in [1.29, 1.82) is 0 Å². The van der Waals surface area contributed by atoms with E-state index in [1.165, 1.54) is 19.3 Å². The van der Waals surface area contributed by atoms with Crippen molar-refractivity contribution in [1.82, 2.24) is 10.2 Å². The van der Waals surface area contributed by atoms with Crippen molar-refractivity contribution in [2.45, 2.75) is 49.9 Å². The van der Waals surface area contributed by atoms with E-state index < -0.39 is 0 Å². The van der Waals surface area contributed by atoms with E-state index in [-0.39, 0.29) is 0 Å². The van der Waals surface area contributed by atoms with Crippen molar-refractivity contribution in [3.05, 3.63) is 0 Å². The summed E-state index contributed by atoms with van der Waals surface area (Å²) >= 11 is 0. The molecule has 0 aromatic rings. The van der Waals surface area contributed by atoms with Gasteiger partial charge < -0.3 is 5.32 Å². The van der Waals surface area contributed by atoms with E-state index in [9.17, 15) is 0 Å². The Labute approximate surface area is 91.4 Å². The zero-order valence-corrected chi connectivity index (χ0v) is 9.45. The maximum Gasteiger partial charge on any atom is 0.0749 e. The van der Waals surface area contributed by atoms with Crippen LogP contribution in [0.2, 0.25) is 0 Å². The molecular formula is C13H20N2. The van der Waals surface area contributed by atoms with Crippen LogP contribution in [-0.4, -0.2) is 29.7 Å². The molecule has 0 aromatic heterocycles. The van der Waals surface area contributed by atoms with E-state index >= 15 is 0 Å². The second-order valence-corrected chi connectivity index (χ2v) is 6.75. The van der Waals surface area contributed by atoms with Crippen molar-refractivity contribution in [3.63, 3.8) is 0 Å². The second kappa shape index (κ2) is 2.14. The van der Waals surface area contributed by atoms with Crippen LogP contribution >= 0.6 is 0 Å². The van der Waals surface area contributed by atoms with E-state index in [4.69, 9.17) is 0 Å². The molecule has 2 saturated carbocycles. The van der Waals surface area contributed by atoms with Gasteiger partial charge in [-0.25, -0.2) is 0 Å². The van der Waals surface area contributed by atoms with Gasteiger partial charge in [0.2, 0.25) is 0 Å². The van der Waals surface area contributed by atoms with Gasteiger partial charge in [0, 0.05) is 12.1 Å². The Morgan fingerprint density at radius 2 is 2.07 bits per heavy atom. The van der Waals surface area contributed by atoms with E-state index in [1.54, 1.807) is 12.8 Å². The standard InChI is InChI=1S/C13H20N2/c1-14-13-6-7-2-9-10-4-8(5-11(9)13)15(13)12(10)3-7/h7-12,14H,2-6H2,1H3/t7-,8?,9-,10?,11?,12?,13-/m0/s1. The topological polar surface area (TPSA) is 15.3 Å². The summed E-state index contributed by atoms with van der Waals surface area (Å²) in [5.41, 5.74) is 0.466. The number of hydrogen-bond donors (Lipinski definition) is 1. The SMILES string of the molecule is CN[C@]12C[C@@H]3CC4C5CC(CC1[C@H]5C3)N42. The van der Waals surface area contributed by atoms with Crippen LogP contribution in [0.3, 0.4) is 0 Å². The van der Waals surface area contributed by atoms with E-state index in [0.29, 0.717) is 5.66 Å². The van der Waals surface area contributed by atoms with Gasteiger partial charge in [0.25, 0.3) is 0 Å². The third kappa shape index (κ3) is 0.632. The summed E-state index contributed by atoms with van der Waals surface area (Å²) in [6.45, 7) is 0. The van der Waals surface area contributed by atoms with Crippen LogP contribution in [0, 0.1) is 23.7 Å². The molecule has 4 aliphatic heterocycles. The summed E-state index contributed by atoms with van der Waals surface area (Å²) in [5, 5.41) is 3.75. The molecule has 2 heteroatoms. The normalized spacial score (nSPS) is 72.2. The summed E-state index contributed by atoms with van der Waals surface area (Å²) in [7, 11) is 2.22. The molecular weight excluding hydrogens is 184 g/mol. The summed E-state index contributed by atoms with van der Waals surface area (Å²) in [6, 6.07) is 1.95. The van der Waals surface area contributed by atoms with Crippen LogP contribution < -0.4 is 5.32 Å². The van der Waals surface area contributed by atoms with Gasteiger partial charge in [0.15, 0.2) is 0 Å². The van der Waals surface area contributed by atoms with E-state index in [1.807, 2.05) is 0 Å². The lowest BCUT2D eigenvalue weighted by atomic mass is 9.52. The molecule has 4 saturated heterocycles. The lowest BCUT2D eigenvalue weighted by Crippen LogP contribution is -2.72. The molecule has 6 aliphatic rings. The van der Waals surface area contributed by atoms with Gasteiger partial charge in [0.05, 0.1) is 5.66 Å². The molecule has 82 valence electrons. The number of nitrogens with one attached hydrogen (secondary N) is 1. The lowest BCUT2D eigenvalue weighted by Gasteiger charge is -2.63. The van der Waals surface area contributed by atoms with Gasteiger partial charge >= 0.3 is 0 Å². The summed E-state index contributed by atoms with van der Waals surface area (Å²) in [6.07, 6.45) is 7.64. The molecule has 6 fully saturated rings. The molecule has 0 amide bonds. The van der Waals surface area contributed by atoms with Crippen molar-refractivity contribution in [2.75, 3.05) is 7.05 Å². The molecule has 0 spiro atoms. The quantitative estimate of drug-likeness (QED) is 0.695. The average molecular weight is 204 g/mol. The van der Waals surface area contributed by atoms with Gasteiger partial charge in [-0.15, -0.1) is 0 Å². The molecule has 0 aromatic carbocycles. The Kier molecular flexibility index (Phi) is 1.15. The van der Waals surface area contributed by atoms with E-state index in [2.05, 4.69) is 17.3 Å². The minimum atomic E-state index is 0.466. The van der Waals surface area contributed by atoms with Gasteiger partial charge in [-0.1, -0.05) is 0 Å². The van der Waals surface area contributed by atoms with Crippen LogP contribution in [0.4, 0.5) is 0 Å². The highest BCUT2D eigenvalue weighted by Gasteiger charge is 2.72. The zero-order chi connectivity index (χ0) is 9.78. The van der Waals surface area contributed by atoms with Crippen molar-refractivity contribution >= 4 is 0 Å². The van der Waals surface area contributed by atoms with Crippen LogP contribution in [0.5, 0.6) is 0 Å². The molecule has 5 unspecified atom stereocenters. The van der Waals surface area contributed by atoms with Gasteiger partial charge in [-0.3, -0.25) is 4.90 Å². The predicted molar refractivity (Wildman–Crippen MR) is 58.3 cm³/mol. The first-order valence-corrected chi connectivity index (χ1v) is 6.81. The van der Waals surface area contributed by atoms with Crippen LogP contribution in [0.25, 0.3) is 0 Å². The Morgan fingerprint density at radius 1 is 1.13 bits per heavy atom. The summed E-state index contributed by atoms with van der Waals surface area (Å²) in [4.78, 5) is 2.94. The smallest absolute Gasteiger partial charge is 0.0749 e. The molecule has 2 aliphatic carbocycles. The first kappa shape index (κ1) is 8.08. The third-order valence-corrected chi connectivity index (χ3v) is 6.67. The zero-order valence-electron chi connectivity index (χ0n) is 9.45. The highest BCUT2D eigenvalue weighted by molar-refractivity contribution is 5.24. The van der Waals surface area contributed by atoms with Gasteiger partial charge in [-0.05, 0) is 62.8 Å². The molecule has 1 N–H and O–H groups in total. The average Bonchev–Trinajstić information content (AvgIpc) is 2.75. The first-order chi connectivity index (χ1) is 7.33. The molecule has 6 rings (SSSR count). The number of piperidine rings is 2. The van der Waals surface area contributed by atoms with Crippen molar-refractivity contribution in [3.8, 4) is 0 Å². The Bertz CT molecular complexity index is 333. The maximum absolute atomic E-state index is 3.75. The highest BCUT2D eigenvalue weighted by atomic mass is 15.4. The Morgan fingerprint density at radius 3 is 2.93 bits per heavy atom. The highest BCUT2D eigenvalue weighted by Crippen LogP contribution is 2.69. The van der Waals surface area contributed by atoms with Crippen LogP contribution in [-0.2, 0) is 0 Å². The minimum Gasteiger partial charge on any atom is -0.302 e. The molecule has 15 heavy (non-hydrogen) atoms. The Hall–Kier alpha value is -0.0800. The first-order valence-electron chi connectivity index (χ1n) is 6.81. The summed E-state index contributed by atoms with van der Waals surface area (Å²) in [5.74, 6) is 4.28. The predicted octanol–water partition coefficient (Wildman–Crippen LogP) is 1.42. The third-order valence-electron chi connectivity index (χ3n) is 6.67. The fourth-order valence-electron chi connectivity index (χ4n) is 6.59. The molecule has 0 radical (unpaired) electrons. The monoisotopic (exact) mass is 204 g/mol. The maximum atomic E-state index is 3.75. The van der Waals surface area contributed by atoms with Crippen molar-refractivity contribution in [2.24, 2.45) is 23.7 Å². The molecule has 7 bridgehead atoms. The largest absolute Gasteiger partial charge is 0.302 e. The van der Waals surface area contributed by atoms with Crippen molar-refractivity contribution < 1.29 is 0 Å². The lowest BCUT2D eigenvalue weighted by molar-refractivity contribution is -0.145. The van der Waals surface area contributed by atoms with Gasteiger partial charge in [0.1, 0.15) is 0 Å². The van der Waals surface area contributed by atoms with Crippen LogP contribution in [0.15, 0.2) is 0 Å². The molecule has 8 atom stereocenters. The number of nitrogens with zero attached hydrogens (tertiary/aromatic N) is 1.